The summed E-state index contributed by atoms with van der Waals surface area (Å²) in [4.78, 5) is 21.5. The van der Waals surface area contributed by atoms with E-state index in [0.717, 1.165) is 23.6 Å². The minimum atomic E-state index is 0.579. The first-order valence-corrected chi connectivity index (χ1v) is 7.23. The number of hydrogen-bond acceptors (Lipinski definition) is 7. The number of anilines is 2. The van der Waals surface area contributed by atoms with Gasteiger partial charge in [-0.05, 0) is 13.8 Å². The van der Waals surface area contributed by atoms with Crippen molar-refractivity contribution in [2.75, 3.05) is 17.2 Å². The van der Waals surface area contributed by atoms with Crippen LogP contribution in [0.3, 0.4) is 0 Å². The molecule has 0 aliphatic rings. The van der Waals surface area contributed by atoms with Gasteiger partial charge in [0.25, 0.3) is 0 Å². The molecule has 3 aromatic rings. The number of imidazole rings is 1. The number of rotatable bonds is 5. The van der Waals surface area contributed by atoms with Crippen LogP contribution in [0.1, 0.15) is 17.5 Å². The van der Waals surface area contributed by atoms with Gasteiger partial charge in [-0.1, -0.05) is 0 Å². The summed E-state index contributed by atoms with van der Waals surface area (Å²) in [6.45, 7) is 5.46. The molecule has 0 aliphatic heterocycles. The van der Waals surface area contributed by atoms with E-state index in [1.807, 2.05) is 19.4 Å². The monoisotopic (exact) mass is 289 g/mol. The Morgan fingerprint density at radius 2 is 2.15 bits per heavy atom. The second-order valence-electron chi connectivity index (χ2n) is 4.24. The van der Waals surface area contributed by atoms with Crippen LogP contribution in [0.25, 0.3) is 11.2 Å². The molecule has 0 aliphatic carbocycles. The second kappa shape index (κ2) is 5.41. The van der Waals surface area contributed by atoms with E-state index in [0.29, 0.717) is 18.1 Å². The first-order valence-electron chi connectivity index (χ1n) is 6.35. The lowest BCUT2D eigenvalue weighted by atomic mass is 10.4. The Kier molecular flexibility index (Phi) is 3.46. The number of fused-ring (bicyclic) bond motifs is 1. The standard InChI is InChI=1S/C12H15N7S/c1-3-13-12-18-10(9-11(19-12)16-5-15-9)14-4-8-7(2)17-6-20-8/h5-6H,3-4H2,1-2H3,(H3,13,14,15,16,18,19). The quantitative estimate of drug-likeness (QED) is 0.666. The van der Waals surface area contributed by atoms with Crippen molar-refractivity contribution in [1.82, 2.24) is 24.9 Å². The van der Waals surface area contributed by atoms with Gasteiger partial charge in [0.2, 0.25) is 5.95 Å². The molecule has 3 N–H and O–H groups in total. The maximum atomic E-state index is 4.47. The molecular weight excluding hydrogens is 274 g/mol. The maximum absolute atomic E-state index is 4.47. The SMILES string of the molecule is CCNc1nc(NCc2scnc2C)c2[nH]cnc2n1. The fraction of sp³-hybridized carbons (Fsp3) is 0.333. The van der Waals surface area contributed by atoms with E-state index in [-0.39, 0.29) is 0 Å². The Hall–Kier alpha value is -2.22. The molecule has 0 amide bonds. The largest absolute Gasteiger partial charge is 0.363 e. The molecule has 0 bridgehead atoms. The Morgan fingerprint density at radius 3 is 2.90 bits per heavy atom. The molecule has 0 saturated heterocycles. The highest BCUT2D eigenvalue weighted by Gasteiger charge is 2.10. The molecule has 0 fully saturated rings. The highest BCUT2D eigenvalue weighted by molar-refractivity contribution is 7.09. The topological polar surface area (TPSA) is 91.4 Å². The van der Waals surface area contributed by atoms with Crippen LogP contribution in [0.5, 0.6) is 0 Å². The van der Waals surface area contributed by atoms with Crippen LogP contribution in [0.15, 0.2) is 11.8 Å². The minimum absolute atomic E-state index is 0.579. The summed E-state index contributed by atoms with van der Waals surface area (Å²) in [6.07, 6.45) is 1.62. The van der Waals surface area contributed by atoms with Gasteiger partial charge in [0, 0.05) is 11.4 Å². The number of aromatic nitrogens is 5. The molecule has 0 aromatic carbocycles. The summed E-state index contributed by atoms with van der Waals surface area (Å²) < 4.78 is 0. The van der Waals surface area contributed by atoms with Crippen molar-refractivity contribution < 1.29 is 0 Å². The number of thiazole rings is 1. The van der Waals surface area contributed by atoms with Crippen LogP contribution >= 0.6 is 11.3 Å². The lowest BCUT2D eigenvalue weighted by molar-refractivity contribution is 1.06. The zero-order valence-electron chi connectivity index (χ0n) is 11.3. The molecule has 3 aromatic heterocycles. The van der Waals surface area contributed by atoms with Crippen molar-refractivity contribution in [3.8, 4) is 0 Å². The van der Waals surface area contributed by atoms with Crippen molar-refractivity contribution in [2.45, 2.75) is 20.4 Å². The molecule has 0 spiro atoms. The van der Waals surface area contributed by atoms with E-state index in [9.17, 15) is 0 Å². The first kappa shape index (κ1) is 12.8. The van der Waals surface area contributed by atoms with Gasteiger partial charge < -0.3 is 15.6 Å². The Labute approximate surface area is 119 Å². The van der Waals surface area contributed by atoms with Crippen LogP contribution in [-0.2, 0) is 6.54 Å². The molecule has 0 saturated carbocycles. The average Bonchev–Trinajstić information content (AvgIpc) is 3.05. The Bertz CT molecular complexity index is 717. The fourth-order valence-corrected chi connectivity index (χ4v) is 2.58. The normalized spacial score (nSPS) is 10.9. The van der Waals surface area contributed by atoms with Gasteiger partial charge in [-0.2, -0.15) is 9.97 Å². The molecule has 3 rings (SSSR count). The summed E-state index contributed by atoms with van der Waals surface area (Å²) in [6, 6.07) is 0. The van der Waals surface area contributed by atoms with Crippen LogP contribution < -0.4 is 10.6 Å². The molecule has 7 nitrogen and oxygen atoms in total. The number of hydrogen-bond donors (Lipinski definition) is 3. The molecule has 104 valence electrons. The average molecular weight is 289 g/mol. The predicted molar refractivity (Wildman–Crippen MR) is 80.0 cm³/mol. The summed E-state index contributed by atoms with van der Waals surface area (Å²) in [5.74, 6) is 1.33. The van der Waals surface area contributed by atoms with E-state index >= 15 is 0 Å². The third-order valence-corrected chi connectivity index (χ3v) is 3.82. The van der Waals surface area contributed by atoms with Gasteiger partial charge in [-0.15, -0.1) is 11.3 Å². The molecule has 0 atom stereocenters. The van der Waals surface area contributed by atoms with Gasteiger partial charge in [-0.25, -0.2) is 9.97 Å². The van der Waals surface area contributed by atoms with Crippen molar-refractivity contribution in [3.63, 3.8) is 0 Å². The number of nitrogens with zero attached hydrogens (tertiary/aromatic N) is 4. The Balaban J connectivity index is 1.89. The van der Waals surface area contributed by atoms with Crippen molar-refractivity contribution in [3.05, 3.63) is 22.4 Å². The second-order valence-corrected chi connectivity index (χ2v) is 5.18. The number of aryl methyl sites for hydroxylation is 1. The number of H-pyrrole nitrogens is 1. The maximum Gasteiger partial charge on any atom is 0.226 e. The van der Waals surface area contributed by atoms with Gasteiger partial charge in [-0.3, -0.25) is 0 Å². The summed E-state index contributed by atoms with van der Waals surface area (Å²) in [5.41, 5.74) is 4.36. The molecule has 0 radical (unpaired) electrons. The van der Waals surface area contributed by atoms with Crippen LogP contribution in [0.2, 0.25) is 0 Å². The van der Waals surface area contributed by atoms with Gasteiger partial charge in [0.1, 0.15) is 5.52 Å². The van der Waals surface area contributed by atoms with Crippen molar-refractivity contribution in [2.24, 2.45) is 0 Å². The highest BCUT2D eigenvalue weighted by Crippen LogP contribution is 2.20. The molecule has 0 unspecified atom stereocenters. The van der Waals surface area contributed by atoms with E-state index in [1.54, 1.807) is 17.7 Å². The van der Waals surface area contributed by atoms with Crippen molar-refractivity contribution in [1.29, 1.82) is 0 Å². The van der Waals surface area contributed by atoms with Crippen LogP contribution in [0.4, 0.5) is 11.8 Å². The van der Waals surface area contributed by atoms with E-state index < -0.39 is 0 Å². The zero-order valence-corrected chi connectivity index (χ0v) is 12.1. The van der Waals surface area contributed by atoms with E-state index in [2.05, 4.69) is 35.6 Å². The Morgan fingerprint density at radius 1 is 1.25 bits per heavy atom. The summed E-state index contributed by atoms with van der Waals surface area (Å²) in [5, 5.41) is 6.43. The fourth-order valence-electron chi connectivity index (χ4n) is 1.86. The first-order chi connectivity index (χ1) is 9.78. The predicted octanol–water partition coefficient (Wildman–Crippen LogP) is 2.16. The summed E-state index contributed by atoms with van der Waals surface area (Å²) >= 11 is 1.63. The molecular formula is C12H15N7S. The minimum Gasteiger partial charge on any atom is -0.363 e. The highest BCUT2D eigenvalue weighted by atomic mass is 32.1. The third kappa shape index (κ3) is 2.42. The molecule has 20 heavy (non-hydrogen) atoms. The lowest BCUT2D eigenvalue weighted by Crippen LogP contribution is -2.07. The smallest absolute Gasteiger partial charge is 0.226 e. The van der Waals surface area contributed by atoms with E-state index in [4.69, 9.17) is 0 Å². The van der Waals surface area contributed by atoms with Crippen LogP contribution in [0, 0.1) is 6.92 Å². The van der Waals surface area contributed by atoms with E-state index in [1.165, 1.54) is 4.88 Å². The zero-order chi connectivity index (χ0) is 13.9. The van der Waals surface area contributed by atoms with Gasteiger partial charge in [0.05, 0.1) is 24.1 Å². The van der Waals surface area contributed by atoms with Crippen molar-refractivity contribution >= 4 is 34.3 Å². The number of aromatic amines is 1. The molecule has 8 heteroatoms. The van der Waals surface area contributed by atoms with Gasteiger partial charge >= 0.3 is 0 Å². The van der Waals surface area contributed by atoms with Crippen LogP contribution in [-0.4, -0.2) is 31.5 Å². The molecule has 3 heterocycles. The third-order valence-electron chi connectivity index (χ3n) is 2.88. The summed E-state index contributed by atoms with van der Waals surface area (Å²) in [7, 11) is 0. The lowest BCUT2D eigenvalue weighted by Gasteiger charge is -2.08. The van der Waals surface area contributed by atoms with Gasteiger partial charge in [0.15, 0.2) is 11.5 Å². The number of nitrogens with one attached hydrogen (secondary N) is 3.